The molecule has 0 spiro atoms. The number of hydrogen-bond acceptors (Lipinski definition) is 6. The summed E-state index contributed by atoms with van der Waals surface area (Å²) in [4.78, 5) is 38.4. The van der Waals surface area contributed by atoms with Crippen LogP contribution in [0.5, 0.6) is 0 Å². The molecule has 0 aromatic heterocycles. The zero-order valence-corrected chi connectivity index (χ0v) is 52.9. The van der Waals surface area contributed by atoms with E-state index in [2.05, 4.69) is 179 Å². The van der Waals surface area contributed by atoms with Crippen LogP contribution in [0.2, 0.25) is 0 Å². The summed E-state index contributed by atoms with van der Waals surface area (Å²) in [6.07, 6.45) is 99.5. The van der Waals surface area contributed by atoms with E-state index in [9.17, 15) is 14.4 Å². The molecule has 0 fully saturated rings. The first-order valence-corrected chi connectivity index (χ1v) is 33.5. The molecule has 6 nitrogen and oxygen atoms in total. The highest BCUT2D eigenvalue weighted by Gasteiger charge is 2.19. The Labute approximate surface area is 505 Å². The topological polar surface area (TPSA) is 78.9 Å². The average Bonchev–Trinajstić information content (AvgIpc) is 3.47. The van der Waals surface area contributed by atoms with E-state index >= 15 is 0 Å². The molecule has 0 N–H and O–H groups in total. The minimum absolute atomic E-state index is 0.101. The van der Waals surface area contributed by atoms with E-state index in [4.69, 9.17) is 14.2 Å². The lowest BCUT2D eigenvalue weighted by molar-refractivity contribution is -0.167. The lowest BCUT2D eigenvalue weighted by Gasteiger charge is -2.18. The molecule has 0 bridgehead atoms. The van der Waals surface area contributed by atoms with Gasteiger partial charge < -0.3 is 14.2 Å². The number of unbranched alkanes of at least 4 members (excludes halogenated alkanes) is 22. The highest BCUT2D eigenvalue weighted by Crippen LogP contribution is 2.15. The summed E-state index contributed by atoms with van der Waals surface area (Å²) in [7, 11) is 0. The number of esters is 3. The van der Waals surface area contributed by atoms with E-state index < -0.39 is 6.10 Å². The van der Waals surface area contributed by atoms with Gasteiger partial charge in [-0.05, 0) is 148 Å². The van der Waals surface area contributed by atoms with Gasteiger partial charge in [0.15, 0.2) is 6.10 Å². The van der Waals surface area contributed by atoms with Gasteiger partial charge in [-0.3, -0.25) is 14.4 Å². The van der Waals surface area contributed by atoms with Gasteiger partial charge in [0.25, 0.3) is 0 Å². The summed E-state index contributed by atoms with van der Waals surface area (Å²) in [5.41, 5.74) is 0. The van der Waals surface area contributed by atoms with Crippen molar-refractivity contribution < 1.29 is 28.6 Å². The van der Waals surface area contributed by atoms with Gasteiger partial charge in [0, 0.05) is 19.3 Å². The van der Waals surface area contributed by atoms with Gasteiger partial charge in [-0.15, -0.1) is 0 Å². The zero-order valence-electron chi connectivity index (χ0n) is 52.9. The molecule has 1 atom stereocenters. The normalized spacial score (nSPS) is 13.2. The van der Waals surface area contributed by atoms with Crippen LogP contribution in [0.1, 0.15) is 284 Å². The monoisotopic (exact) mass is 1130 g/mol. The molecular formula is C76H122O6. The molecule has 1 unspecified atom stereocenters. The van der Waals surface area contributed by atoms with Crippen molar-refractivity contribution in [2.75, 3.05) is 13.2 Å². The fraction of sp³-hybridized carbons (Fsp3) is 0.618. The number of hydrogen-bond donors (Lipinski definition) is 0. The number of allylic oxidation sites excluding steroid dienone is 26. The molecule has 6 heteroatoms. The molecule has 462 valence electrons. The summed E-state index contributed by atoms with van der Waals surface area (Å²) in [6, 6.07) is 0. The van der Waals surface area contributed by atoms with Gasteiger partial charge in [-0.2, -0.15) is 0 Å². The van der Waals surface area contributed by atoms with Crippen molar-refractivity contribution >= 4 is 17.9 Å². The maximum absolute atomic E-state index is 12.9. The molecule has 0 rings (SSSR count). The Hall–Kier alpha value is -4.97. The second kappa shape index (κ2) is 68.5. The van der Waals surface area contributed by atoms with Crippen molar-refractivity contribution in [2.24, 2.45) is 0 Å². The Morgan fingerprint density at radius 1 is 0.256 bits per heavy atom. The summed E-state index contributed by atoms with van der Waals surface area (Å²) < 4.78 is 16.9. The average molecular weight is 1130 g/mol. The first kappa shape index (κ1) is 77.0. The molecule has 0 amide bonds. The van der Waals surface area contributed by atoms with Crippen LogP contribution < -0.4 is 0 Å². The van der Waals surface area contributed by atoms with Crippen LogP contribution in [-0.2, 0) is 28.6 Å². The molecule has 0 aliphatic rings. The van der Waals surface area contributed by atoms with Gasteiger partial charge >= 0.3 is 17.9 Å². The largest absolute Gasteiger partial charge is 0.462 e. The Morgan fingerprint density at radius 3 is 0.744 bits per heavy atom. The first-order chi connectivity index (χ1) is 40.5. The predicted octanol–water partition coefficient (Wildman–Crippen LogP) is 23.3. The lowest BCUT2D eigenvalue weighted by Crippen LogP contribution is -2.30. The highest BCUT2D eigenvalue weighted by molar-refractivity contribution is 5.71. The number of carbonyl (C=O) groups is 3. The summed E-state index contributed by atoms with van der Waals surface area (Å²) in [5.74, 6) is -0.942. The zero-order chi connectivity index (χ0) is 59.2. The second-order valence-electron chi connectivity index (χ2n) is 21.6. The van der Waals surface area contributed by atoms with Crippen molar-refractivity contribution in [3.63, 3.8) is 0 Å². The maximum atomic E-state index is 12.9. The molecule has 0 heterocycles. The Balaban J connectivity index is 4.50. The van der Waals surface area contributed by atoms with Crippen molar-refractivity contribution in [3.05, 3.63) is 158 Å². The van der Waals surface area contributed by atoms with E-state index in [1.54, 1.807) is 0 Å². The van der Waals surface area contributed by atoms with Gasteiger partial charge in [0.05, 0.1) is 0 Å². The smallest absolute Gasteiger partial charge is 0.306 e. The quantitative estimate of drug-likeness (QED) is 0.0261. The van der Waals surface area contributed by atoms with E-state index in [-0.39, 0.29) is 31.1 Å². The van der Waals surface area contributed by atoms with E-state index in [1.165, 1.54) is 70.6 Å². The number of carbonyl (C=O) groups excluding carboxylic acids is 3. The summed E-state index contributed by atoms with van der Waals surface area (Å²) >= 11 is 0. The molecule has 0 saturated heterocycles. The molecule has 0 radical (unpaired) electrons. The van der Waals surface area contributed by atoms with E-state index in [1.807, 2.05) is 0 Å². The van der Waals surface area contributed by atoms with Crippen LogP contribution in [-0.4, -0.2) is 37.2 Å². The van der Waals surface area contributed by atoms with Gasteiger partial charge in [0.2, 0.25) is 0 Å². The van der Waals surface area contributed by atoms with Crippen molar-refractivity contribution in [3.8, 4) is 0 Å². The molecule has 0 aromatic carbocycles. The van der Waals surface area contributed by atoms with Crippen LogP contribution in [0.15, 0.2) is 158 Å². The third-order valence-corrected chi connectivity index (χ3v) is 13.7. The SMILES string of the molecule is CC/C=C\C/C=C\C/C=C\C/C=C\C/C=C\C/C=C\CCCCCCCCC(=O)OCC(COC(=O)CCCCCCCCC/C=C\C/C=C\CCCCCC)OC(=O)CCCCCCC/C=C\C/C=C\C/C=C\C/C=C\C/C=C\CC. The number of rotatable bonds is 59. The standard InChI is InChI=1S/C76H122O6/c1-4-7-10-13-16-19-22-25-28-31-34-36-37-38-39-41-42-45-48-51-54-57-60-63-66-69-75(78)81-72-73(71-80-74(77)68-65-62-59-56-53-50-47-44-33-30-27-24-21-18-15-12-9-6-3)82-76(79)70-67-64-61-58-55-52-49-46-43-40-35-32-29-26-23-20-17-14-11-8-5-2/h7-8,10-11,16-17,19-21,24-26,28-30,33-36,38-40,42,45-46,49,73H,4-6,9,12-15,18,22-23,27,31-32,37,41,43-44,47-48,50-72H2,1-3H3/b10-7-,11-8-,19-16-,20-17-,24-21-,28-25-,29-26-,33-30-,36-34-,39-38-,40-35-,45-42-,49-46-. The van der Waals surface area contributed by atoms with E-state index in [0.29, 0.717) is 19.3 Å². The van der Waals surface area contributed by atoms with E-state index in [0.717, 1.165) is 173 Å². The minimum atomic E-state index is -0.809. The van der Waals surface area contributed by atoms with Crippen LogP contribution >= 0.6 is 0 Å². The molecule has 0 aliphatic heterocycles. The predicted molar refractivity (Wildman–Crippen MR) is 357 cm³/mol. The fourth-order valence-electron chi connectivity index (χ4n) is 8.80. The van der Waals surface area contributed by atoms with Crippen molar-refractivity contribution in [1.29, 1.82) is 0 Å². The third-order valence-electron chi connectivity index (χ3n) is 13.7. The Bertz CT molecular complexity index is 1830. The molecule has 0 aliphatic carbocycles. The second-order valence-corrected chi connectivity index (χ2v) is 21.6. The van der Waals surface area contributed by atoms with Crippen LogP contribution in [0, 0.1) is 0 Å². The highest BCUT2D eigenvalue weighted by atomic mass is 16.6. The van der Waals surface area contributed by atoms with Crippen molar-refractivity contribution in [1.82, 2.24) is 0 Å². The van der Waals surface area contributed by atoms with Gasteiger partial charge in [-0.1, -0.05) is 275 Å². The molecule has 0 saturated carbocycles. The van der Waals surface area contributed by atoms with Crippen LogP contribution in [0.3, 0.4) is 0 Å². The Morgan fingerprint density at radius 2 is 0.476 bits per heavy atom. The molecule has 0 aromatic rings. The molecule has 82 heavy (non-hydrogen) atoms. The van der Waals surface area contributed by atoms with Crippen LogP contribution in [0.4, 0.5) is 0 Å². The summed E-state index contributed by atoms with van der Waals surface area (Å²) in [5, 5.41) is 0. The van der Waals surface area contributed by atoms with Gasteiger partial charge in [-0.25, -0.2) is 0 Å². The lowest BCUT2D eigenvalue weighted by atomic mass is 10.1. The van der Waals surface area contributed by atoms with Gasteiger partial charge in [0.1, 0.15) is 13.2 Å². The number of ether oxygens (including phenoxy) is 3. The summed E-state index contributed by atoms with van der Waals surface area (Å²) in [6.45, 7) is 6.37. The fourth-order valence-corrected chi connectivity index (χ4v) is 8.80. The maximum Gasteiger partial charge on any atom is 0.306 e. The molecular weight excluding hydrogens is 1010 g/mol. The van der Waals surface area contributed by atoms with Crippen molar-refractivity contribution in [2.45, 2.75) is 290 Å². The minimum Gasteiger partial charge on any atom is -0.462 e. The Kier molecular flexibility index (Phi) is 64.4. The first-order valence-electron chi connectivity index (χ1n) is 33.5. The van der Waals surface area contributed by atoms with Crippen LogP contribution in [0.25, 0.3) is 0 Å². The third kappa shape index (κ3) is 65.8.